The lowest BCUT2D eigenvalue weighted by Crippen LogP contribution is -2.60. The standard InChI is InChI=1S/C34H46N8O9S2/c1-6-19-17-34(19,29(45)41-53(47,48)22-11-12-22)40-27(43)23-15-21(50-25-16-24(49-5)36-30(37-25)39-31-35-13-14-52-31)18-42(23)28(44)26(33(2,3)4)38-32(46)51-20-9-7-8-10-20/h6,13-14,16,19-23,26H,1,7-12,15,17-18H2,2-5H3,(H,38,46)(H,40,43)(H,41,45)(H,35,36,37,39)/t19-,21-,23+,26-,34-/m1/s1. The maximum absolute atomic E-state index is 14.5. The van der Waals surface area contributed by atoms with Crippen molar-refractivity contribution in [2.75, 3.05) is 19.0 Å². The van der Waals surface area contributed by atoms with Gasteiger partial charge in [-0.15, -0.1) is 17.9 Å². The van der Waals surface area contributed by atoms with E-state index in [1.54, 1.807) is 32.3 Å². The van der Waals surface area contributed by atoms with Crippen molar-refractivity contribution < 1.29 is 41.8 Å². The van der Waals surface area contributed by atoms with Crippen LogP contribution in [0.25, 0.3) is 0 Å². The van der Waals surface area contributed by atoms with Gasteiger partial charge in [0.1, 0.15) is 29.8 Å². The summed E-state index contributed by atoms with van der Waals surface area (Å²) in [5, 5.41) is 10.2. The van der Waals surface area contributed by atoms with Gasteiger partial charge in [0.2, 0.25) is 39.5 Å². The first-order valence-corrected chi connectivity index (χ1v) is 20.1. The number of thiazole rings is 1. The summed E-state index contributed by atoms with van der Waals surface area (Å²) in [5.41, 5.74) is -2.39. The lowest BCUT2D eigenvalue weighted by molar-refractivity contribution is -0.143. The largest absolute Gasteiger partial charge is 0.481 e. The zero-order valence-corrected chi connectivity index (χ0v) is 31.8. The van der Waals surface area contributed by atoms with Gasteiger partial charge >= 0.3 is 6.09 Å². The zero-order chi connectivity index (χ0) is 38.1. The Balaban J connectivity index is 1.26. The van der Waals surface area contributed by atoms with E-state index in [0.29, 0.717) is 18.0 Å². The number of hydrogen-bond donors (Lipinski definition) is 4. The fraction of sp³-hybridized carbons (Fsp3) is 0.618. The predicted molar refractivity (Wildman–Crippen MR) is 193 cm³/mol. The van der Waals surface area contributed by atoms with Gasteiger partial charge in [-0.25, -0.2) is 18.2 Å². The van der Waals surface area contributed by atoms with Gasteiger partial charge in [0.25, 0.3) is 5.91 Å². The Morgan fingerprint density at radius 3 is 2.42 bits per heavy atom. The molecular weight excluding hydrogens is 729 g/mol. The fourth-order valence-electron chi connectivity index (χ4n) is 6.69. The number of carbonyl (C=O) groups excluding carboxylic acids is 4. The summed E-state index contributed by atoms with van der Waals surface area (Å²) in [7, 11) is -2.48. The molecule has 0 radical (unpaired) electrons. The molecule has 3 heterocycles. The number of methoxy groups -OCH3 is 1. The van der Waals surface area contributed by atoms with Crippen LogP contribution in [0.2, 0.25) is 0 Å². The van der Waals surface area contributed by atoms with Crippen molar-refractivity contribution in [3.8, 4) is 11.8 Å². The first-order valence-electron chi connectivity index (χ1n) is 17.7. The molecule has 4 fully saturated rings. The topological polar surface area (TPSA) is 220 Å². The number of ether oxygens (including phenoxy) is 3. The van der Waals surface area contributed by atoms with Crippen molar-refractivity contribution in [1.82, 2.24) is 35.2 Å². The Hall–Kier alpha value is -4.52. The Morgan fingerprint density at radius 1 is 1.09 bits per heavy atom. The van der Waals surface area contributed by atoms with E-state index in [0.717, 1.165) is 25.7 Å². The van der Waals surface area contributed by atoms with Crippen molar-refractivity contribution >= 4 is 56.3 Å². The van der Waals surface area contributed by atoms with Crippen LogP contribution < -0.4 is 30.1 Å². The number of nitrogens with one attached hydrogen (secondary N) is 4. The highest BCUT2D eigenvalue weighted by Gasteiger charge is 2.62. The minimum Gasteiger partial charge on any atom is -0.481 e. The highest BCUT2D eigenvalue weighted by Crippen LogP contribution is 2.45. The van der Waals surface area contributed by atoms with E-state index in [4.69, 9.17) is 14.2 Å². The highest BCUT2D eigenvalue weighted by molar-refractivity contribution is 7.91. The third kappa shape index (κ3) is 8.83. The second-order valence-corrected chi connectivity index (χ2v) is 17.8. The number of nitrogens with zero attached hydrogens (tertiary/aromatic N) is 4. The predicted octanol–water partition coefficient (Wildman–Crippen LogP) is 2.79. The fourth-order valence-corrected chi connectivity index (χ4v) is 8.58. The lowest BCUT2D eigenvalue weighted by Gasteiger charge is -2.35. The molecule has 53 heavy (non-hydrogen) atoms. The number of anilines is 2. The van der Waals surface area contributed by atoms with Crippen LogP contribution in [-0.4, -0.2) is 101 Å². The van der Waals surface area contributed by atoms with E-state index >= 15 is 0 Å². The van der Waals surface area contributed by atoms with Crippen LogP contribution >= 0.6 is 11.3 Å². The number of amides is 4. The summed E-state index contributed by atoms with van der Waals surface area (Å²) in [6.45, 7) is 9.02. The molecule has 5 atom stereocenters. The van der Waals surface area contributed by atoms with Gasteiger partial charge in [-0.05, 0) is 50.4 Å². The Bertz CT molecular complexity index is 1830. The van der Waals surface area contributed by atoms with Crippen LogP contribution in [0.4, 0.5) is 15.9 Å². The molecule has 3 saturated carbocycles. The Labute approximate surface area is 312 Å². The molecule has 288 valence electrons. The molecule has 2 aromatic heterocycles. The third-order valence-electron chi connectivity index (χ3n) is 9.88. The van der Waals surface area contributed by atoms with Gasteiger partial charge in [-0.3, -0.25) is 24.4 Å². The molecule has 4 N–H and O–H groups in total. The summed E-state index contributed by atoms with van der Waals surface area (Å²) >= 11 is 1.34. The van der Waals surface area contributed by atoms with Gasteiger partial charge in [-0.1, -0.05) is 26.8 Å². The molecule has 0 aromatic carbocycles. The summed E-state index contributed by atoms with van der Waals surface area (Å²) in [5.74, 6) is -2.23. The molecule has 17 nitrogen and oxygen atoms in total. The first kappa shape index (κ1) is 38.2. The van der Waals surface area contributed by atoms with Gasteiger partial charge in [-0.2, -0.15) is 9.97 Å². The number of aromatic nitrogens is 3. The van der Waals surface area contributed by atoms with Crippen molar-refractivity contribution in [2.24, 2.45) is 11.3 Å². The van der Waals surface area contributed by atoms with Crippen LogP contribution in [0.3, 0.4) is 0 Å². The molecule has 1 saturated heterocycles. The average molecular weight is 775 g/mol. The van der Waals surface area contributed by atoms with Crippen LogP contribution in [-0.2, 0) is 29.1 Å². The molecule has 4 aliphatic rings. The maximum atomic E-state index is 14.5. The summed E-state index contributed by atoms with van der Waals surface area (Å²) < 4.78 is 44.7. The highest BCUT2D eigenvalue weighted by atomic mass is 32.2. The minimum atomic E-state index is -3.91. The number of carbonyl (C=O) groups is 4. The van der Waals surface area contributed by atoms with E-state index < -0.39 is 74.1 Å². The lowest BCUT2D eigenvalue weighted by atomic mass is 9.85. The quantitative estimate of drug-likeness (QED) is 0.203. The summed E-state index contributed by atoms with van der Waals surface area (Å²) in [6.07, 6.45) is 5.73. The van der Waals surface area contributed by atoms with Crippen molar-refractivity contribution in [3.63, 3.8) is 0 Å². The smallest absolute Gasteiger partial charge is 0.408 e. The number of likely N-dealkylation sites (tertiary alicyclic amines) is 1. The van der Waals surface area contributed by atoms with Gasteiger partial charge < -0.3 is 29.7 Å². The van der Waals surface area contributed by atoms with Crippen molar-refractivity contribution in [1.29, 1.82) is 0 Å². The van der Waals surface area contributed by atoms with Gasteiger partial charge in [0, 0.05) is 23.9 Å². The number of rotatable bonds is 14. The first-order chi connectivity index (χ1) is 25.1. The molecule has 2 aromatic rings. The van der Waals surface area contributed by atoms with Crippen LogP contribution in [0.5, 0.6) is 11.8 Å². The van der Waals surface area contributed by atoms with E-state index in [-0.39, 0.29) is 43.2 Å². The maximum Gasteiger partial charge on any atom is 0.408 e. The number of sulfonamides is 1. The molecular formula is C34H46N8O9S2. The van der Waals surface area contributed by atoms with Crippen molar-refractivity contribution in [3.05, 3.63) is 30.3 Å². The second kappa shape index (κ2) is 15.1. The zero-order valence-electron chi connectivity index (χ0n) is 30.1. The van der Waals surface area contributed by atoms with E-state index in [9.17, 15) is 27.6 Å². The SMILES string of the molecule is C=C[C@@H]1C[C@]1(NC(=O)[C@@H]1C[C@@H](Oc2cc(OC)nc(Nc3nccs3)n2)CN1C(=O)[C@@H](NC(=O)OC1CCCC1)C(C)(C)C)C(=O)NS(=O)(=O)C1CC1. The van der Waals surface area contributed by atoms with E-state index in [1.807, 2.05) is 0 Å². The molecule has 1 aliphatic heterocycles. The normalized spacial score (nSPS) is 24.8. The van der Waals surface area contributed by atoms with Crippen molar-refractivity contribution in [2.45, 2.75) is 107 Å². The molecule has 6 rings (SSSR count). The van der Waals surface area contributed by atoms with Gasteiger partial charge in [0.15, 0.2) is 5.13 Å². The van der Waals surface area contributed by atoms with E-state index in [2.05, 4.69) is 42.2 Å². The minimum absolute atomic E-state index is 0.0284. The molecule has 0 bridgehead atoms. The summed E-state index contributed by atoms with van der Waals surface area (Å²) in [6, 6.07) is -0.831. The van der Waals surface area contributed by atoms with E-state index in [1.165, 1.54) is 35.5 Å². The molecule has 3 aliphatic carbocycles. The molecule has 19 heteroatoms. The molecule has 0 spiro atoms. The Kier molecular flexibility index (Phi) is 10.9. The van der Waals surface area contributed by atoms with Crippen LogP contribution in [0.1, 0.15) is 72.1 Å². The number of hydrogen-bond acceptors (Lipinski definition) is 14. The molecule has 0 unspecified atom stereocenters. The summed E-state index contributed by atoms with van der Waals surface area (Å²) in [4.78, 5) is 69.5. The average Bonchev–Trinajstić information content (AvgIpc) is 3.87. The monoisotopic (exact) mass is 774 g/mol. The molecule has 4 amide bonds. The van der Waals surface area contributed by atoms with Gasteiger partial charge in [0.05, 0.1) is 25.0 Å². The Morgan fingerprint density at radius 2 is 1.81 bits per heavy atom. The van der Waals surface area contributed by atoms with Crippen LogP contribution in [0, 0.1) is 11.3 Å². The van der Waals surface area contributed by atoms with Crippen LogP contribution in [0.15, 0.2) is 30.3 Å². The third-order valence-corrected chi connectivity index (χ3v) is 12.4. The number of alkyl carbamates (subject to hydrolysis) is 1. The second-order valence-electron chi connectivity index (χ2n) is 15.0.